The molecule has 7 heteroatoms. The van der Waals surface area contributed by atoms with Crippen LogP contribution in [0.3, 0.4) is 0 Å². The minimum atomic E-state index is 0.0382. The first-order valence-corrected chi connectivity index (χ1v) is 12.5. The third-order valence-corrected chi connectivity index (χ3v) is 8.13. The Labute approximate surface area is 203 Å². The van der Waals surface area contributed by atoms with Crippen molar-refractivity contribution in [1.82, 2.24) is 10.3 Å². The summed E-state index contributed by atoms with van der Waals surface area (Å²) >= 11 is 11.5. The second kappa shape index (κ2) is 8.10. The lowest BCUT2D eigenvalue weighted by Gasteiger charge is -2.56. The fourth-order valence-electron chi connectivity index (χ4n) is 6.90. The Hall–Kier alpha value is -2.44. The summed E-state index contributed by atoms with van der Waals surface area (Å²) in [6, 6.07) is 13.0. The fraction of sp³-hybridized carbons (Fsp3) is 0.423. The highest BCUT2D eigenvalue weighted by atomic mass is 35.5. The molecule has 1 heterocycles. The van der Waals surface area contributed by atoms with Crippen LogP contribution in [0.5, 0.6) is 0 Å². The third-order valence-electron chi connectivity index (χ3n) is 7.69. The monoisotopic (exact) mass is 479 g/mol. The van der Waals surface area contributed by atoms with E-state index >= 15 is 0 Å². The summed E-state index contributed by atoms with van der Waals surface area (Å²) in [7, 11) is 0. The van der Waals surface area contributed by atoms with E-state index in [1.807, 2.05) is 30.3 Å². The van der Waals surface area contributed by atoms with Gasteiger partial charge < -0.3 is 15.1 Å². The molecule has 4 saturated carbocycles. The maximum Gasteiger partial charge on any atom is 0.227 e. The first kappa shape index (κ1) is 21.1. The summed E-state index contributed by atoms with van der Waals surface area (Å²) in [5.74, 6) is 3.09. The van der Waals surface area contributed by atoms with Crippen molar-refractivity contribution in [3.8, 4) is 11.5 Å². The molecule has 2 N–H and O–H groups in total. The Morgan fingerprint density at radius 3 is 2.39 bits per heavy atom. The Kier molecular flexibility index (Phi) is 5.18. The average molecular weight is 480 g/mol. The van der Waals surface area contributed by atoms with Gasteiger partial charge in [-0.25, -0.2) is 4.98 Å². The van der Waals surface area contributed by atoms with E-state index in [4.69, 9.17) is 28.2 Å². The zero-order valence-electron chi connectivity index (χ0n) is 18.3. The molecular formula is C26H26ClN3O2S. The van der Waals surface area contributed by atoms with E-state index in [1.165, 1.54) is 38.5 Å². The highest BCUT2D eigenvalue weighted by Gasteiger charge is 2.51. The van der Waals surface area contributed by atoms with Gasteiger partial charge in [-0.15, -0.1) is 0 Å². The van der Waals surface area contributed by atoms with Crippen molar-refractivity contribution in [2.24, 2.45) is 23.2 Å². The van der Waals surface area contributed by atoms with E-state index in [-0.39, 0.29) is 11.3 Å². The molecule has 0 spiro atoms. The molecule has 0 saturated heterocycles. The van der Waals surface area contributed by atoms with Crippen LogP contribution in [0.2, 0.25) is 5.02 Å². The molecule has 4 fully saturated rings. The Morgan fingerprint density at radius 2 is 1.73 bits per heavy atom. The lowest BCUT2D eigenvalue weighted by molar-refractivity contribution is -0.127. The molecule has 2 aromatic carbocycles. The molecule has 0 atom stereocenters. The van der Waals surface area contributed by atoms with E-state index < -0.39 is 0 Å². The van der Waals surface area contributed by atoms with E-state index in [9.17, 15) is 4.79 Å². The Morgan fingerprint density at radius 1 is 1.06 bits per heavy atom. The standard InChI is InChI=1S/C26H26ClN3O2S/c27-19-3-6-22-21(10-19)29-24(32-22)18-1-4-20(5-2-18)28-25(33)30-23(31)14-26-11-15-7-16(12-26)9-17(8-15)13-26/h1-6,10,15-17H,7-9,11-14H2,(H2,28,30,31,33). The number of carbonyl (C=O) groups is 1. The number of rotatable bonds is 4. The number of carbonyl (C=O) groups excluding carboxylic acids is 1. The molecule has 0 aliphatic heterocycles. The predicted octanol–water partition coefficient (Wildman–Crippen LogP) is 6.57. The minimum absolute atomic E-state index is 0.0382. The van der Waals surface area contributed by atoms with Gasteiger partial charge in [-0.3, -0.25) is 4.79 Å². The number of anilines is 1. The molecule has 0 radical (unpaired) electrons. The van der Waals surface area contributed by atoms with Gasteiger partial charge in [0.25, 0.3) is 0 Å². The highest BCUT2D eigenvalue weighted by Crippen LogP contribution is 2.61. The van der Waals surface area contributed by atoms with Crippen molar-refractivity contribution in [2.75, 3.05) is 5.32 Å². The van der Waals surface area contributed by atoms with Gasteiger partial charge in [0.2, 0.25) is 11.8 Å². The zero-order valence-corrected chi connectivity index (χ0v) is 19.8. The number of benzene rings is 2. The van der Waals surface area contributed by atoms with Crippen LogP contribution in [0, 0.1) is 23.2 Å². The van der Waals surface area contributed by atoms with Gasteiger partial charge in [0.15, 0.2) is 10.7 Å². The third kappa shape index (κ3) is 4.26. The number of oxazole rings is 1. The number of fused-ring (bicyclic) bond motifs is 1. The Balaban J connectivity index is 1.07. The van der Waals surface area contributed by atoms with E-state index in [0.29, 0.717) is 28.0 Å². The maximum atomic E-state index is 12.8. The van der Waals surface area contributed by atoms with Gasteiger partial charge in [-0.1, -0.05) is 11.6 Å². The van der Waals surface area contributed by atoms with Crippen LogP contribution in [0.25, 0.3) is 22.6 Å². The first-order valence-electron chi connectivity index (χ1n) is 11.7. The predicted molar refractivity (Wildman–Crippen MR) is 134 cm³/mol. The van der Waals surface area contributed by atoms with Gasteiger partial charge in [-0.05, 0) is 116 Å². The van der Waals surface area contributed by atoms with Gasteiger partial charge in [0.05, 0.1) is 0 Å². The Bertz CT molecular complexity index is 1200. The van der Waals surface area contributed by atoms with Crippen molar-refractivity contribution >= 4 is 51.6 Å². The number of nitrogens with one attached hydrogen (secondary N) is 2. The van der Waals surface area contributed by atoms with Crippen LogP contribution >= 0.6 is 23.8 Å². The number of thiocarbonyl (C=S) groups is 1. The number of amides is 1. The number of halogens is 1. The maximum absolute atomic E-state index is 12.8. The number of aromatic nitrogens is 1. The first-order chi connectivity index (χ1) is 15.9. The SMILES string of the molecule is O=C(CC12CC3CC(CC(C3)C1)C2)NC(=S)Nc1ccc(-c2nc3cc(Cl)ccc3o2)cc1. The van der Waals surface area contributed by atoms with Crippen molar-refractivity contribution in [2.45, 2.75) is 44.9 Å². The molecule has 4 aliphatic rings. The van der Waals surface area contributed by atoms with Crippen LogP contribution in [0.4, 0.5) is 5.69 Å². The molecule has 0 unspecified atom stereocenters. The van der Waals surface area contributed by atoms with Crippen LogP contribution < -0.4 is 10.6 Å². The van der Waals surface area contributed by atoms with Crippen molar-refractivity contribution < 1.29 is 9.21 Å². The molecular weight excluding hydrogens is 454 g/mol. The average Bonchev–Trinajstić information content (AvgIpc) is 3.15. The topological polar surface area (TPSA) is 67.2 Å². The van der Waals surface area contributed by atoms with Crippen LogP contribution in [0.1, 0.15) is 44.9 Å². The molecule has 33 heavy (non-hydrogen) atoms. The lowest BCUT2D eigenvalue weighted by atomic mass is 9.49. The van der Waals surface area contributed by atoms with Crippen molar-refractivity contribution in [3.05, 3.63) is 47.5 Å². The molecule has 7 rings (SSSR count). The zero-order chi connectivity index (χ0) is 22.6. The number of hydrogen-bond acceptors (Lipinski definition) is 4. The van der Waals surface area contributed by atoms with E-state index in [2.05, 4.69) is 15.6 Å². The summed E-state index contributed by atoms with van der Waals surface area (Å²) in [6.07, 6.45) is 8.40. The van der Waals surface area contributed by atoms with Gasteiger partial charge >= 0.3 is 0 Å². The second-order valence-electron chi connectivity index (χ2n) is 10.3. The summed E-state index contributed by atoms with van der Waals surface area (Å²) in [5.41, 5.74) is 3.28. The normalized spacial score (nSPS) is 27.6. The van der Waals surface area contributed by atoms with Crippen LogP contribution in [-0.4, -0.2) is 16.0 Å². The molecule has 1 aromatic heterocycles. The number of nitrogens with zero attached hydrogens (tertiary/aromatic N) is 1. The second-order valence-corrected chi connectivity index (χ2v) is 11.1. The van der Waals surface area contributed by atoms with Gasteiger partial charge in [-0.2, -0.15) is 0 Å². The summed E-state index contributed by atoms with van der Waals surface area (Å²) in [4.78, 5) is 17.3. The summed E-state index contributed by atoms with van der Waals surface area (Å²) in [6.45, 7) is 0. The number of hydrogen-bond donors (Lipinski definition) is 2. The van der Waals surface area contributed by atoms with E-state index in [1.54, 1.807) is 12.1 Å². The summed E-state index contributed by atoms with van der Waals surface area (Å²) in [5, 5.41) is 7.00. The molecule has 4 bridgehead atoms. The van der Waals surface area contributed by atoms with Crippen molar-refractivity contribution in [3.63, 3.8) is 0 Å². The van der Waals surface area contributed by atoms with Gasteiger partial charge in [0, 0.05) is 22.7 Å². The molecule has 170 valence electrons. The van der Waals surface area contributed by atoms with Crippen molar-refractivity contribution in [1.29, 1.82) is 0 Å². The van der Waals surface area contributed by atoms with Crippen LogP contribution in [-0.2, 0) is 4.79 Å². The smallest absolute Gasteiger partial charge is 0.227 e. The molecule has 5 nitrogen and oxygen atoms in total. The molecule has 1 amide bonds. The largest absolute Gasteiger partial charge is 0.436 e. The minimum Gasteiger partial charge on any atom is -0.436 e. The summed E-state index contributed by atoms with van der Waals surface area (Å²) < 4.78 is 5.82. The quantitative estimate of drug-likeness (QED) is 0.414. The fourth-order valence-corrected chi connectivity index (χ4v) is 7.30. The van der Waals surface area contributed by atoms with Gasteiger partial charge in [0.1, 0.15) is 5.52 Å². The van der Waals surface area contributed by atoms with Crippen LogP contribution in [0.15, 0.2) is 46.9 Å². The highest BCUT2D eigenvalue weighted by molar-refractivity contribution is 7.80. The molecule has 4 aliphatic carbocycles. The van der Waals surface area contributed by atoms with E-state index in [0.717, 1.165) is 34.5 Å². The molecule has 3 aromatic rings. The lowest BCUT2D eigenvalue weighted by Crippen LogP contribution is -2.48.